The number of nitrogens with zero attached hydrogens (tertiary/aromatic N) is 2. The van der Waals surface area contributed by atoms with Gasteiger partial charge >= 0.3 is 0 Å². The van der Waals surface area contributed by atoms with Gasteiger partial charge in [-0.25, -0.2) is 0 Å². The molecule has 1 aliphatic heterocycles. The van der Waals surface area contributed by atoms with Gasteiger partial charge in [0.05, 0.1) is 0 Å². The second-order valence-electron chi connectivity index (χ2n) is 6.05. The van der Waals surface area contributed by atoms with Gasteiger partial charge in [-0.05, 0) is 39.8 Å². The van der Waals surface area contributed by atoms with Gasteiger partial charge in [0.15, 0.2) is 0 Å². The molecule has 1 N–H and O–H groups in total. The first-order valence-electron chi connectivity index (χ1n) is 7.30. The maximum Gasteiger partial charge on any atom is 0.0220 e. The molecule has 0 radical (unpaired) electrons. The molecular formula is C14H29N3. The predicted molar refractivity (Wildman–Crippen MR) is 73.3 cm³/mol. The Bertz CT molecular complexity index is 226. The van der Waals surface area contributed by atoms with Gasteiger partial charge in [-0.2, -0.15) is 0 Å². The van der Waals surface area contributed by atoms with Crippen LogP contribution >= 0.6 is 0 Å². The Morgan fingerprint density at radius 2 is 1.94 bits per heavy atom. The van der Waals surface area contributed by atoms with E-state index in [2.05, 4.69) is 36.1 Å². The highest BCUT2D eigenvalue weighted by atomic mass is 15.3. The fourth-order valence-electron chi connectivity index (χ4n) is 3.54. The van der Waals surface area contributed by atoms with Gasteiger partial charge in [0.1, 0.15) is 0 Å². The molecule has 0 bridgehead atoms. The molecule has 17 heavy (non-hydrogen) atoms. The molecule has 2 atom stereocenters. The van der Waals surface area contributed by atoms with Crippen molar-refractivity contribution in [3.63, 3.8) is 0 Å². The maximum atomic E-state index is 3.57. The molecule has 2 rings (SSSR count). The predicted octanol–water partition coefficient (Wildman–Crippen LogP) is 1.40. The number of piperazine rings is 1. The van der Waals surface area contributed by atoms with Crippen LogP contribution in [0.25, 0.3) is 0 Å². The lowest BCUT2D eigenvalue weighted by Crippen LogP contribution is -2.55. The highest BCUT2D eigenvalue weighted by Gasteiger charge is 2.28. The molecule has 0 aromatic heterocycles. The molecule has 1 heterocycles. The molecule has 100 valence electrons. The van der Waals surface area contributed by atoms with Crippen LogP contribution in [0.1, 0.15) is 32.6 Å². The standard InChI is InChI=1S/C14H29N3/c1-12-10-16(3)8-9-17(12)11-14(15-2)13-6-4-5-7-13/h12-15H,4-11H2,1-3H3. The van der Waals surface area contributed by atoms with Crippen molar-refractivity contribution in [2.24, 2.45) is 5.92 Å². The molecule has 0 spiro atoms. The lowest BCUT2D eigenvalue weighted by Gasteiger charge is -2.41. The summed E-state index contributed by atoms with van der Waals surface area (Å²) in [7, 11) is 4.38. The van der Waals surface area contributed by atoms with Gasteiger partial charge in [-0.1, -0.05) is 12.8 Å². The minimum Gasteiger partial charge on any atom is -0.315 e. The summed E-state index contributed by atoms with van der Waals surface area (Å²) >= 11 is 0. The third-order valence-corrected chi connectivity index (χ3v) is 4.74. The monoisotopic (exact) mass is 239 g/mol. The summed E-state index contributed by atoms with van der Waals surface area (Å²) in [6.45, 7) is 7.31. The van der Waals surface area contributed by atoms with Gasteiger partial charge in [0.25, 0.3) is 0 Å². The van der Waals surface area contributed by atoms with Crippen molar-refractivity contribution in [3.8, 4) is 0 Å². The Morgan fingerprint density at radius 3 is 2.53 bits per heavy atom. The smallest absolute Gasteiger partial charge is 0.0220 e. The van der Waals surface area contributed by atoms with E-state index in [9.17, 15) is 0 Å². The first kappa shape index (κ1) is 13.3. The summed E-state index contributed by atoms with van der Waals surface area (Å²) in [5.74, 6) is 0.923. The Kier molecular flexibility index (Phi) is 4.83. The molecule has 1 saturated heterocycles. The van der Waals surface area contributed by atoms with Crippen LogP contribution in [0.15, 0.2) is 0 Å². The Labute approximate surface area is 107 Å². The molecule has 0 aromatic carbocycles. The van der Waals surface area contributed by atoms with Crippen molar-refractivity contribution in [2.45, 2.75) is 44.7 Å². The molecule has 2 fully saturated rings. The fraction of sp³-hybridized carbons (Fsp3) is 1.00. The third kappa shape index (κ3) is 3.43. The van der Waals surface area contributed by atoms with E-state index in [0.717, 1.165) is 5.92 Å². The zero-order valence-corrected chi connectivity index (χ0v) is 11.8. The number of rotatable bonds is 4. The van der Waals surface area contributed by atoms with Crippen molar-refractivity contribution in [1.82, 2.24) is 15.1 Å². The van der Waals surface area contributed by atoms with Gasteiger partial charge in [-0.15, -0.1) is 0 Å². The zero-order valence-electron chi connectivity index (χ0n) is 11.8. The van der Waals surface area contributed by atoms with Gasteiger partial charge < -0.3 is 10.2 Å². The fourth-order valence-corrected chi connectivity index (χ4v) is 3.54. The van der Waals surface area contributed by atoms with E-state index >= 15 is 0 Å². The summed E-state index contributed by atoms with van der Waals surface area (Å²) in [5.41, 5.74) is 0. The average Bonchev–Trinajstić information content (AvgIpc) is 2.81. The highest BCUT2D eigenvalue weighted by Crippen LogP contribution is 2.28. The van der Waals surface area contributed by atoms with E-state index in [1.807, 2.05) is 0 Å². The number of nitrogens with one attached hydrogen (secondary N) is 1. The molecule has 0 aromatic rings. The molecule has 1 saturated carbocycles. The van der Waals surface area contributed by atoms with Crippen LogP contribution in [0, 0.1) is 5.92 Å². The topological polar surface area (TPSA) is 18.5 Å². The van der Waals surface area contributed by atoms with Crippen LogP contribution in [-0.4, -0.2) is 62.2 Å². The van der Waals surface area contributed by atoms with Crippen molar-refractivity contribution < 1.29 is 0 Å². The SMILES string of the molecule is CNC(CN1CCN(C)CC1C)C1CCCC1. The van der Waals surface area contributed by atoms with E-state index in [0.29, 0.717) is 12.1 Å². The van der Waals surface area contributed by atoms with Gasteiger partial charge in [0, 0.05) is 38.3 Å². The highest BCUT2D eigenvalue weighted by molar-refractivity contribution is 4.86. The minimum atomic E-state index is 0.711. The molecular weight excluding hydrogens is 210 g/mol. The molecule has 3 heteroatoms. The average molecular weight is 239 g/mol. The molecule has 0 amide bonds. The van der Waals surface area contributed by atoms with Crippen LogP contribution < -0.4 is 5.32 Å². The Balaban J connectivity index is 1.85. The van der Waals surface area contributed by atoms with Crippen LogP contribution in [-0.2, 0) is 0 Å². The van der Waals surface area contributed by atoms with Crippen molar-refractivity contribution in [1.29, 1.82) is 0 Å². The summed E-state index contributed by atoms with van der Waals surface area (Å²) in [6.07, 6.45) is 5.77. The number of hydrogen-bond donors (Lipinski definition) is 1. The number of likely N-dealkylation sites (N-methyl/N-ethyl adjacent to an activating group) is 2. The lowest BCUT2D eigenvalue weighted by atomic mass is 9.97. The summed E-state index contributed by atoms with van der Waals surface area (Å²) in [5, 5.41) is 3.57. The number of hydrogen-bond acceptors (Lipinski definition) is 3. The van der Waals surface area contributed by atoms with Crippen molar-refractivity contribution in [3.05, 3.63) is 0 Å². The molecule has 1 aliphatic carbocycles. The largest absolute Gasteiger partial charge is 0.315 e. The summed E-state index contributed by atoms with van der Waals surface area (Å²) < 4.78 is 0. The van der Waals surface area contributed by atoms with Crippen LogP contribution in [0.2, 0.25) is 0 Å². The zero-order chi connectivity index (χ0) is 12.3. The normalized spacial score (nSPS) is 30.9. The van der Waals surface area contributed by atoms with E-state index < -0.39 is 0 Å². The van der Waals surface area contributed by atoms with Crippen molar-refractivity contribution >= 4 is 0 Å². The van der Waals surface area contributed by atoms with Crippen LogP contribution in [0.3, 0.4) is 0 Å². The Morgan fingerprint density at radius 1 is 1.24 bits per heavy atom. The summed E-state index contributed by atoms with van der Waals surface area (Å²) in [6, 6.07) is 1.43. The molecule has 2 unspecified atom stereocenters. The quantitative estimate of drug-likeness (QED) is 0.800. The lowest BCUT2D eigenvalue weighted by molar-refractivity contribution is 0.0835. The van der Waals surface area contributed by atoms with E-state index in [-0.39, 0.29) is 0 Å². The van der Waals surface area contributed by atoms with Crippen LogP contribution in [0.5, 0.6) is 0 Å². The first-order chi connectivity index (χ1) is 8.20. The third-order valence-electron chi connectivity index (χ3n) is 4.74. The second-order valence-corrected chi connectivity index (χ2v) is 6.05. The van der Waals surface area contributed by atoms with E-state index in [1.54, 1.807) is 0 Å². The van der Waals surface area contributed by atoms with Crippen molar-refractivity contribution in [2.75, 3.05) is 40.3 Å². The minimum absolute atomic E-state index is 0.711. The molecule has 2 aliphatic rings. The van der Waals surface area contributed by atoms with Gasteiger partial charge in [0.2, 0.25) is 0 Å². The van der Waals surface area contributed by atoms with Gasteiger partial charge in [-0.3, -0.25) is 4.90 Å². The van der Waals surface area contributed by atoms with Crippen LogP contribution in [0.4, 0.5) is 0 Å². The van der Waals surface area contributed by atoms with E-state index in [4.69, 9.17) is 0 Å². The molecule has 3 nitrogen and oxygen atoms in total. The second kappa shape index (κ2) is 6.17. The first-order valence-corrected chi connectivity index (χ1v) is 7.30. The Hall–Kier alpha value is -0.120. The van der Waals surface area contributed by atoms with E-state index in [1.165, 1.54) is 51.9 Å². The summed E-state index contributed by atoms with van der Waals surface area (Å²) in [4.78, 5) is 5.13. The maximum absolute atomic E-state index is 3.57.